The first-order chi connectivity index (χ1) is 8.10. The first-order valence-corrected chi connectivity index (χ1v) is 5.22. The van der Waals surface area contributed by atoms with Gasteiger partial charge >= 0.3 is 11.9 Å². The lowest BCUT2D eigenvalue weighted by atomic mass is 10.2. The molecular weight excluding hydrogens is 242 g/mol. The van der Waals surface area contributed by atoms with Crippen LogP contribution in [0.25, 0.3) is 0 Å². The van der Waals surface area contributed by atoms with Gasteiger partial charge in [-0.1, -0.05) is 0 Å². The first-order valence-electron chi connectivity index (χ1n) is 5.22. The summed E-state index contributed by atoms with van der Waals surface area (Å²) in [5.74, 6) is -3.50. The van der Waals surface area contributed by atoms with Crippen LogP contribution < -0.4 is 5.11 Å². The van der Waals surface area contributed by atoms with Gasteiger partial charge in [0.1, 0.15) is 6.54 Å². The zero-order chi connectivity index (χ0) is 14.3. The van der Waals surface area contributed by atoms with Crippen molar-refractivity contribution in [1.29, 1.82) is 0 Å². The fourth-order valence-electron chi connectivity index (χ4n) is 1.28. The van der Waals surface area contributed by atoms with E-state index in [1.54, 1.807) is 0 Å². The highest BCUT2D eigenvalue weighted by Gasteiger charge is 2.21. The molecule has 0 aromatic heterocycles. The molecule has 0 amide bonds. The molecule has 102 valence electrons. The van der Waals surface area contributed by atoms with Gasteiger partial charge in [0, 0.05) is 24.5 Å². The fourth-order valence-corrected chi connectivity index (χ4v) is 1.28. The Kier molecular flexibility index (Phi) is 6.04. The highest BCUT2D eigenvalue weighted by atomic mass is 16.5. The fraction of sp³-hybridized carbons (Fsp3) is 0.545. The molecule has 0 aromatic rings. The van der Waals surface area contributed by atoms with Crippen molar-refractivity contribution in [2.24, 2.45) is 0 Å². The van der Waals surface area contributed by atoms with Crippen molar-refractivity contribution in [3.8, 4) is 0 Å². The van der Waals surface area contributed by atoms with Crippen LogP contribution in [0.2, 0.25) is 0 Å². The van der Waals surface area contributed by atoms with E-state index in [4.69, 9.17) is 9.84 Å². The number of hydrogen-bond donors (Lipinski definition) is 1. The van der Waals surface area contributed by atoms with Crippen molar-refractivity contribution < 1.29 is 33.8 Å². The second-order valence-electron chi connectivity index (χ2n) is 4.78. The summed E-state index contributed by atoms with van der Waals surface area (Å²) >= 11 is 0. The van der Waals surface area contributed by atoms with Crippen molar-refractivity contribution in [1.82, 2.24) is 0 Å². The van der Waals surface area contributed by atoms with Crippen LogP contribution in [0.4, 0.5) is 0 Å². The summed E-state index contributed by atoms with van der Waals surface area (Å²) < 4.78 is 5.26. The predicted octanol–water partition coefficient (Wildman–Crippen LogP) is -1.61. The molecule has 0 saturated carbocycles. The highest BCUT2D eigenvalue weighted by Crippen LogP contribution is 2.05. The maximum absolute atomic E-state index is 11.2. The number of carboxylic acid groups (broad SMARTS) is 2. The molecule has 0 aliphatic carbocycles. The SMILES string of the molecule is C[N+](C)(C)CC(CC(=O)[O-])OC(=O)/C=C/C(=O)O. The number of nitrogens with zero attached hydrogens (tertiary/aromatic N) is 1. The van der Waals surface area contributed by atoms with Crippen LogP contribution in [-0.2, 0) is 19.1 Å². The summed E-state index contributed by atoms with van der Waals surface area (Å²) in [7, 11) is 5.43. The minimum absolute atomic E-state index is 0.278. The van der Waals surface area contributed by atoms with E-state index in [2.05, 4.69) is 0 Å². The summed E-state index contributed by atoms with van der Waals surface area (Å²) in [5, 5.41) is 18.8. The number of likely N-dealkylation sites (N-methyl/N-ethyl adjacent to an activating group) is 1. The zero-order valence-electron chi connectivity index (χ0n) is 10.6. The van der Waals surface area contributed by atoms with Crippen molar-refractivity contribution in [2.75, 3.05) is 27.7 Å². The third kappa shape index (κ3) is 9.34. The van der Waals surface area contributed by atoms with E-state index in [1.807, 2.05) is 21.1 Å². The molecule has 0 aromatic carbocycles. The Labute approximate surface area is 105 Å². The lowest BCUT2D eigenvalue weighted by Crippen LogP contribution is -2.45. The van der Waals surface area contributed by atoms with Crippen molar-refractivity contribution in [3.63, 3.8) is 0 Å². The number of carbonyl (C=O) groups excluding carboxylic acids is 2. The quantitative estimate of drug-likeness (QED) is 0.335. The van der Waals surface area contributed by atoms with E-state index in [0.717, 1.165) is 6.08 Å². The normalized spacial score (nSPS) is 13.3. The molecule has 0 bridgehead atoms. The third-order valence-corrected chi connectivity index (χ3v) is 1.79. The standard InChI is InChI=1S/C11H17NO6/c1-12(2,3)7-8(6-10(15)16)18-11(17)5-4-9(13)14/h4-5,8H,6-7H2,1-3H3,(H-,13,14,15,16)/b5-4+. The molecular formula is C11H17NO6. The van der Waals surface area contributed by atoms with E-state index < -0.39 is 30.4 Å². The first kappa shape index (κ1) is 16.1. The Balaban J connectivity index is 4.54. The number of hydrogen-bond acceptors (Lipinski definition) is 5. The highest BCUT2D eigenvalue weighted by molar-refractivity contribution is 5.90. The number of carbonyl (C=O) groups is 3. The van der Waals surface area contributed by atoms with E-state index in [-0.39, 0.29) is 6.54 Å². The molecule has 18 heavy (non-hydrogen) atoms. The number of esters is 1. The number of ether oxygens (including phenoxy) is 1. The topological polar surface area (TPSA) is 104 Å². The van der Waals surface area contributed by atoms with Gasteiger partial charge in [-0.05, 0) is 0 Å². The van der Waals surface area contributed by atoms with E-state index in [0.29, 0.717) is 10.6 Å². The van der Waals surface area contributed by atoms with Gasteiger partial charge in [0.15, 0.2) is 6.10 Å². The van der Waals surface area contributed by atoms with Gasteiger partial charge in [0.05, 0.1) is 21.1 Å². The minimum Gasteiger partial charge on any atom is -0.550 e. The van der Waals surface area contributed by atoms with E-state index >= 15 is 0 Å². The molecule has 1 atom stereocenters. The van der Waals surface area contributed by atoms with Crippen LogP contribution >= 0.6 is 0 Å². The van der Waals surface area contributed by atoms with Crippen LogP contribution in [-0.4, -0.2) is 61.3 Å². The lowest BCUT2D eigenvalue weighted by Gasteiger charge is -2.28. The second-order valence-corrected chi connectivity index (χ2v) is 4.78. The van der Waals surface area contributed by atoms with E-state index in [1.165, 1.54) is 0 Å². The van der Waals surface area contributed by atoms with Crippen molar-refractivity contribution in [3.05, 3.63) is 12.2 Å². The largest absolute Gasteiger partial charge is 0.550 e. The van der Waals surface area contributed by atoms with Crippen LogP contribution in [0.3, 0.4) is 0 Å². The Bertz CT molecular complexity index is 355. The van der Waals surface area contributed by atoms with Crippen LogP contribution in [0.5, 0.6) is 0 Å². The van der Waals surface area contributed by atoms with Gasteiger partial charge < -0.3 is 24.2 Å². The molecule has 7 heteroatoms. The molecule has 0 spiro atoms. The summed E-state index contributed by atoms with van der Waals surface area (Å²) in [6.45, 7) is 0.278. The molecule has 1 N–H and O–H groups in total. The van der Waals surface area contributed by atoms with Gasteiger partial charge in [-0.3, -0.25) is 0 Å². The van der Waals surface area contributed by atoms with E-state index in [9.17, 15) is 19.5 Å². The monoisotopic (exact) mass is 259 g/mol. The molecule has 0 fully saturated rings. The molecule has 0 heterocycles. The predicted molar refractivity (Wildman–Crippen MR) is 59.2 cm³/mol. The van der Waals surface area contributed by atoms with Gasteiger partial charge in [-0.15, -0.1) is 0 Å². The van der Waals surface area contributed by atoms with Crippen molar-refractivity contribution in [2.45, 2.75) is 12.5 Å². The van der Waals surface area contributed by atoms with Gasteiger partial charge in [-0.2, -0.15) is 0 Å². The van der Waals surface area contributed by atoms with Crippen molar-refractivity contribution >= 4 is 17.9 Å². The summed E-state index contributed by atoms with van der Waals surface area (Å²) in [6, 6.07) is 0. The third-order valence-electron chi connectivity index (χ3n) is 1.79. The molecule has 0 saturated heterocycles. The molecule has 0 aliphatic heterocycles. The number of carboxylic acids is 2. The minimum atomic E-state index is -1.33. The number of aliphatic carboxylic acids is 2. The van der Waals surface area contributed by atoms with Gasteiger partial charge in [0.25, 0.3) is 0 Å². The molecule has 1 unspecified atom stereocenters. The lowest BCUT2D eigenvalue weighted by molar-refractivity contribution is -0.873. The average molecular weight is 259 g/mol. The maximum Gasteiger partial charge on any atom is 0.331 e. The van der Waals surface area contributed by atoms with Crippen LogP contribution in [0.15, 0.2) is 12.2 Å². The Morgan fingerprint density at radius 3 is 2.22 bits per heavy atom. The Hall–Kier alpha value is -1.89. The molecule has 0 aliphatic rings. The van der Waals surface area contributed by atoms with Gasteiger partial charge in [-0.25, -0.2) is 9.59 Å². The summed E-state index contributed by atoms with van der Waals surface area (Å²) in [5.41, 5.74) is 0. The van der Waals surface area contributed by atoms with Gasteiger partial charge in [0.2, 0.25) is 0 Å². The maximum atomic E-state index is 11.2. The van der Waals surface area contributed by atoms with Crippen LogP contribution in [0.1, 0.15) is 6.42 Å². The summed E-state index contributed by atoms with van der Waals surface area (Å²) in [6.07, 6.45) is 0.0771. The van der Waals surface area contributed by atoms with Crippen LogP contribution in [0, 0.1) is 0 Å². The Morgan fingerprint density at radius 1 is 1.28 bits per heavy atom. The smallest absolute Gasteiger partial charge is 0.331 e. The molecule has 0 radical (unpaired) electrons. The second kappa shape index (κ2) is 6.75. The number of rotatable bonds is 7. The zero-order valence-corrected chi connectivity index (χ0v) is 10.6. The average Bonchev–Trinajstić information content (AvgIpc) is 2.10. The molecule has 7 nitrogen and oxygen atoms in total. The summed E-state index contributed by atoms with van der Waals surface area (Å²) in [4.78, 5) is 31.9. The molecule has 0 rings (SSSR count). The number of quaternary nitrogens is 1. The Morgan fingerprint density at radius 2 is 1.83 bits per heavy atom.